The van der Waals surface area contributed by atoms with Crippen LogP contribution in [-0.2, 0) is 11.3 Å². The van der Waals surface area contributed by atoms with Gasteiger partial charge < -0.3 is 14.5 Å². The normalized spacial score (nSPS) is 11.0. The van der Waals surface area contributed by atoms with E-state index < -0.39 is 6.61 Å². The molecule has 3 aromatic rings. The summed E-state index contributed by atoms with van der Waals surface area (Å²) in [6.07, 6.45) is 1.56. The number of rotatable bonds is 8. The van der Waals surface area contributed by atoms with Gasteiger partial charge in [0.05, 0.1) is 12.0 Å². The monoisotopic (exact) mass is 394 g/mol. The van der Waals surface area contributed by atoms with Crippen molar-refractivity contribution in [3.63, 3.8) is 0 Å². The number of anilines is 1. The third kappa shape index (κ3) is 4.85. The summed E-state index contributed by atoms with van der Waals surface area (Å²) in [6, 6.07) is 9.25. The van der Waals surface area contributed by atoms with E-state index in [1.54, 1.807) is 18.4 Å². The molecule has 0 aliphatic heterocycles. The first kappa shape index (κ1) is 18.9. The zero-order valence-electron chi connectivity index (χ0n) is 14.3. The van der Waals surface area contributed by atoms with E-state index in [1.807, 2.05) is 11.5 Å². The highest BCUT2D eigenvalue weighted by molar-refractivity contribution is 7.99. The first-order valence-electron chi connectivity index (χ1n) is 8.01. The molecule has 2 aromatic heterocycles. The van der Waals surface area contributed by atoms with Crippen molar-refractivity contribution in [1.82, 2.24) is 14.8 Å². The number of furan rings is 1. The van der Waals surface area contributed by atoms with Crippen molar-refractivity contribution in [2.75, 3.05) is 11.1 Å². The van der Waals surface area contributed by atoms with Crippen molar-refractivity contribution in [2.45, 2.75) is 25.2 Å². The fraction of sp³-hybridized carbons (Fsp3) is 0.235. The van der Waals surface area contributed by atoms with Crippen LogP contribution in [0.15, 0.2) is 52.2 Å². The van der Waals surface area contributed by atoms with Crippen LogP contribution < -0.4 is 10.1 Å². The summed E-state index contributed by atoms with van der Waals surface area (Å²) in [7, 11) is 0. The lowest BCUT2D eigenvalue weighted by Gasteiger charge is -2.08. The minimum atomic E-state index is -2.89. The van der Waals surface area contributed by atoms with Gasteiger partial charge in [-0.1, -0.05) is 11.8 Å². The maximum absolute atomic E-state index is 12.1. The largest absolute Gasteiger partial charge is 0.461 e. The Labute approximate surface area is 157 Å². The zero-order chi connectivity index (χ0) is 19.2. The highest BCUT2D eigenvalue weighted by Gasteiger charge is 2.16. The smallest absolute Gasteiger partial charge is 0.387 e. The van der Waals surface area contributed by atoms with Crippen LogP contribution in [0.25, 0.3) is 11.6 Å². The molecule has 0 fully saturated rings. The number of carbonyl (C=O) groups excluding carboxylic acids is 1. The molecule has 1 aromatic carbocycles. The van der Waals surface area contributed by atoms with Crippen molar-refractivity contribution in [2.24, 2.45) is 0 Å². The fourth-order valence-corrected chi connectivity index (χ4v) is 3.12. The summed E-state index contributed by atoms with van der Waals surface area (Å²) in [5.41, 5.74) is 0.482. The molecule has 7 nitrogen and oxygen atoms in total. The average Bonchev–Trinajstić information content (AvgIpc) is 3.30. The molecule has 0 unspecified atom stereocenters. The lowest BCUT2D eigenvalue weighted by atomic mass is 10.3. The standard InChI is InChI=1S/C17H16F2N4O3S/c1-2-23-15(13-4-3-9-25-13)21-22-17(23)27-10-14(24)20-11-5-7-12(8-6-11)26-16(18)19/h3-9,16H,2,10H2,1H3,(H,20,24). The van der Waals surface area contributed by atoms with Gasteiger partial charge in [0.25, 0.3) is 0 Å². The van der Waals surface area contributed by atoms with E-state index >= 15 is 0 Å². The second-order valence-electron chi connectivity index (χ2n) is 5.27. The quantitative estimate of drug-likeness (QED) is 0.584. The SMILES string of the molecule is CCn1c(SCC(=O)Nc2ccc(OC(F)F)cc2)nnc1-c1ccco1. The maximum atomic E-state index is 12.1. The topological polar surface area (TPSA) is 82.2 Å². The van der Waals surface area contributed by atoms with Crippen molar-refractivity contribution >= 4 is 23.4 Å². The molecule has 2 heterocycles. The van der Waals surface area contributed by atoms with Gasteiger partial charge in [-0.05, 0) is 43.3 Å². The van der Waals surface area contributed by atoms with Gasteiger partial charge in [-0.2, -0.15) is 8.78 Å². The third-order valence-corrected chi connectivity index (χ3v) is 4.44. The molecule has 0 spiro atoms. The van der Waals surface area contributed by atoms with E-state index in [9.17, 15) is 13.6 Å². The number of halogens is 2. The number of alkyl halides is 2. The predicted octanol–water partition coefficient (Wildman–Crippen LogP) is 3.89. The number of amides is 1. The number of thioether (sulfide) groups is 1. The van der Waals surface area contributed by atoms with Gasteiger partial charge in [0, 0.05) is 12.2 Å². The Bertz CT molecular complexity index is 882. The first-order chi connectivity index (χ1) is 13.1. The lowest BCUT2D eigenvalue weighted by molar-refractivity contribution is -0.113. The van der Waals surface area contributed by atoms with Crippen LogP contribution in [0.2, 0.25) is 0 Å². The number of hydrogen-bond acceptors (Lipinski definition) is 6. The molecular weight excluding hydrogens is 378 g/mol. The van der Waals surface area contributed by atoms with Crippen molar-refractivity contribution in [3.8, 4) is 17.3 Å². The molecule has 0 aliphatic rings. The molecule has 10 heteroatoms. The lowest BCUT2D eigenvalue weighted by Crippen LogP contribution is -2.14. The predicted molar refractivity (Wildman–Crippen MR) is 95.8 cm³/mol. The molecule has 1 N–H and O–H groups in total. The fourth-order valence-electron chi connectivity index (χ4n) is 2.32. The summed E-state index contributed by atoms with van der Waals surface area (Å²) >= 11 is 1.24. The highest BCUT2D eigenvalue weighted by atomic mass is 32.2. The summed E-state index contributed by atoms with van der Waals surface area (Å²) in [5.74, 6) is 1.09. The summed E-state index contributed by atoms with van der Waals surface area (Å²) in [4.78, 5) is 12.1. The van der Waals surface area contributed by atoms with Crippen LogP contribution in [0.3, 0.4) is 0 Å². The van der Waals surface area contributed by atoms with E-state index in [0.29, 0.717) is 29.0 Å². The Morgan fingerprint density at radius 3 is 2.70 bits per heavy atom. The van der Waals surface area contributed by atoms with Gasteiger partial charge in [-0.3, -0.25) is 9.36 Å². The van der Waals surface area contributed by atoms with Crippen molar-refractivity contribution < 1.29 is 22.7 Å². The van der Waals surface area contributed by atoms with Crippen LogP contribution >= 0.6 is 11.8 Å². The first-order valence-corrected chi connectivity index (χ1v) is 9.00. The number of carbonyl (C=O) groups is 1. The molecule has 0 atom stereocenters. The molecule has 1 amide bonds. The molecule has 27 heavy (non-hydrogen) atoms. The van der Waals surface area contributed by atoms with Gasteiger partial charge in [0.15, 0.2) is 16.7 Å². The van der Waals surface area contributed by atoms with Crippen molar-refractivity contribution in [1.29, 1.82) is 0 Å². The Morgan fingerprint density at radius 1 is 1.30 bits per heavy atom. The van der Waals surface area contributed by atoms with Crippen LogP contribution in [0.4, 0.5) is 14.5 Å². The molecule has 142 valence electrons. The Hall–Kier alpha value is -2.88. The average molecular weight is 394 g/mol. The second kappa shape index (κ2) is 8.67. The molecule has 0 saturated carbocycles. The maximum Gasteiger partial charge on any atom is 0.387 e. The van der Waals surface area contributed by atoms with Crippen LogP contribution in [0, 0.1) is 0 Å². The molecule has 0 aliphatic carbocycles. The molecule has 0 radical (unpaired) electrons. The van der Waals surface area contributed by atoms with Crippen LogP contribution in [0.5, 0.6) is 5.75 Å². The van der Waals surface area contributed by atoms with Crippen LogP contribution in [0.1, 0.15) is 6.92 Å². The zero-order valence-corrected chi connectivity index (χ0v) is 15.1. The molecular formula is C17H16F2N4O3S. The Balaban J connectivity index is 1.58. The Morgan fingerprint density at radius 2 is 2.07 bits per heavy atom. The van der Waals surface area contributed by atoms with E-state index in [-0.39, 0.29) is 17.4 Å². The second-order valence-corrected chi connectivity index (χ2v) is 6.21. The highest BCUT2D eigenvalue weighted by Crippen LogP contribution is 2.24. The summed E-state index contributed by atoms with van der Waals surface area (Å²) in [5, 5.41) is 11.5. The van der Waals surface area contributed by atoms with Gasteiger partial charge in [-0.25, -0.2) is 0 Å². The number of hydrogen-bond donors (Lipinski definition) is 1. The molecule has 3 rings (SSSR count). The number of nitrogens with zero attached hydrogens (tertiary/aromatic N) is 3. The van der Waals surface area contributed by atoms with Gasteiger partial charge in [-0.15, -0.1) is 10.2 Å². The minimum Gasteiger partial charge on any atom is -0.461 e. The van der Waals surface area contributed by atoms with Gasteiger partial charge in [0.2, 0.25) is 5.91 Å². The van der Waals surface area contributed by atoms with Gasteiger partial charge in [0.1, 0.15) is 5.75 Å². The minimum absolute atomic E-state index is 0.0267. The van der Waals surface area contributed by atoms with Gasteiger partial charge >= 0.3 is 6.61 Å². The van der Waals surface area contributed by atoms with E-state index in [2.05, 4.69) is 20.3 Å². The number of benzene rings is 1. The Kier molecular flexibility index (Phi) is 6.07. The summed E-state index contributed by atoms with van der Waals surface area (Å²) in [6.45, 7) is -0.314. The van der Waals surface area contributed by atoms with E-state index in [1.165, 1.54) is 36.0 Å². The summed E-state index contributed by atoms with van der Waals surface area (Å²) < 4.78 is 35.7. The van der Waals surface area contributed by atoms with Crippen LogP contribution in [-0.4, -0.2) is 33.0 Å². The van der Waals surface area contributed by atoms with E-state index in [0.717, 1.165) is 0 Å². The van der Waals surface area contributed by atoms with E-state index in [4.69, 9.17) is 4.42 Å². The molecule has 0 bridgehead atoms. The number of ether oxygens (including phenoxy) is 1. The number of nitrogens with one attached hydrogen (secondary N) is 1. The van der Waals surface area contributed by atoms with Crippen molar-refractivity contribution in [3.05, 3.63) is 42.7 Å². The number of aromatic nitrogens is 3. The molecule has 0 saturated heterocycles. The third-order valence-electron chi connectivity index (χ3n) is 3.47.